The Kier molecular flexibility index (Phi) is 4.25. The van der Waals surface area contributed by atoms with E-state index in [0.29, 0.717) is 0 Å². The standard InChI is InChI=1S/C12H15BrClNO/c13-11-6-9(3-4-12(11)14)7-15-5-1-2-10(16)8-15/h3-4,6,10,16H,1-2,5,7-8H2. The van der Waals surface area contributed by atoms with E-state index in [0.717, 1.165) is 42.0 Å². The van der Waals surface area contributed by atoms with Crippen molar-refractivity contribution in [3.63, 3.8) is 0 Å². The summed E-state index contributed by atoms with van der Waals surface area (Å²) in [5, 5.41) is 10.3. The number of rotatable bonds is 2. The summed E-state index contributed by atoms with van der Waals surface area (Å²) in [5.74, 6) is 0. The van der Waals surface area contributed by atoms with Gasteiger partial charge in [0.15, 0.2) is 0 Å². The van der Waals surface area contributed by atoms with Crippen LogP contribution < -0.4 is 0 Å². The Morgan fingerprint density at radius 2 is 2.31 bits per heavy atom. The number of hydrogen-bond acceptors (Lipinski definition) is 2. The van der Waals surface area contributed by atoms with E-state index < -0.39 is 0 Å². The minimum atomic E-state index is -0.163. The number of halogens is 2. The molecule has 1 aliphatic heterocycles. The maximum absolute atomic E-state index is 9.58. The van der Waals surface area contributed by atoms with Gasteiger partial charge in [-0.05, 0) is 53.0 Å². The summed E-state index contributed by atoms with van der Waals surface area (Å²) in [6.45, 7) is 2.73. The van der Waals surface area contributed by atoms with E-state index >= 15 is 0 Å². The zero-order valence-electron chi connectivity index (χ0n) is 9.00. The molecule has 1 unspecified atom stereocenters. The van der Waals surface area contributed by atoms with Crippen LogP contribution in [-0.2, 0) is 6.54 Å². The molecule has 1 saturated heterocycles. The van der Waals surface area contributed by atoms with Crippen molar-refractivity contribution in [2.75, 3.05) is 13.1 Å². The van der Waals surface area contributed by atoms with Crippen LogP contribution in [0.2, 0.25) is 5.02 Å². The van der Waals surface area contributed by atoms with E-state index in [-0.39, 0.29) is 6.10 Å². The van der Waals surface area contributed by atoms with Crippen LogP contribution in [0.3, 0.4) is 0 Å². The first-order valence-electron chi connectivity index (χ1n) is 5.49. The number of likely N-dealkylation sites (tertiary alicyclic amines) is 1. The highest BCUT2D eigenvalue weighted by Crippen LogP contribution is 2.24. The van der Waals surface area contributed by atoms with Crippen LogP contribution in [0.15, 0.2) is 22.7 Å². The second-order valence-electron chi connectivity index (χ2n) is 4.28. The maximum atomic E-state index is 9.58. The number of nitrogens with zero attached hydrogens (tertiary/aromatic N) is 1. The topological polar surface area (TPSA) is 23.5 Å². The Hall–Kier alpha value is -0.0900. The molecule has 0 bridgehead atoms. The number of β-amino-alcohol motifs (C(OH)–C–C–N with tert-alkyl or cyclic N) is 1. The molecular formula is C12H15BrClNO. The van der Waals surface area contributed by atoms with Gasteiger partial charge in [0.2, 0.25) is 0 Å². The predicted molar refractivity (Wildman–Crippen MR) is 69.7 cm³/mol. The van der Waals surface area contributed by atoms with Crippen molar-refractivity contribution < 1.29 is 5.11 Å². The molecule has 0 saturated carbocycles. The Labute approximate surface area is 109 Å². The van der Waals surface area contributed by atoms with Crippen molar-refractivity contribution in [2.45, 2.75) is 25.5 Å². The molecule has 1 heterocycles. The van der Waals surface area contributed by atoms with E-state index in [9.17, 15) is 5.11 Å². The molecule has 88 valence electrons. The van der Waals surface area contributed by atoms with Crippen LogP contribution in [0, 0.1) is 0 Å². The molecule has 4 heteroatoms. The third-order valence-corrected chi connectivity index (χ3v) is 4.08. The maximum Gasteiger partial charge on any atom is 0.0667 e. The molecule has 2 rings (SSSR count). The second kappa shape index (κ2) is 5.50. The van der Waals surface area contributed by atoms with Crippen molar-refractivity contribution >= 4 is 27.5 Å². The van der Waals surface area contributed by atoms with Crippen LogP contribution in [0.25, 0.3) is 0 Å². The number of piperidine rings is 1. The SMILES string of the molecule is OC1CCCN(Cc2ccc(Cl)c(Br)c2)C1. The van der Waals surface area contributed by atoms with Crippen LogP contribution in [-0.4, -0.2) is 29.2 Å². The molecule has 1 aromatic rings. The predicted octanol–water partition coefficient (Wildman–Crippen LogP) is 3.06. The lowest BCUT2D eigenvalue weighted by Crippen LogP contribution is -2.37. The number of benzene rings is 1. The summed E-state index contributed by atoms with van der Waals surface area (Å²) in [5.41, 5.74) is 1.23. The molecule has 1 aliphatic rings. The summed E-state index contributed by atoms with van der Waals surface area (Å²) in [6, 6.07) is 5.98. The van der Waals surface area contributed by atoms with Gasteiger partial charge in [0.25, 0.3) is 0 Å². The van der Waals surface area contributed by atoms with Gasteiger partial charge in [-0.2, -0.15) is 0 Å². The fraction of sp³-hybridized carbons (Fsp3) is 0.500. The Morgan fingerprint density at radius 3 is 3.00 bits per heavy atom. The normalized spacial score (nSPS) is 22.3. The third kappa shape index (κ3) is 3.20. The second-order valence-corrected chi connectivity index (χ2v) is 5.54. The average Bonchev–Trinajstić information content (AvgIpc) is 2.24. The lowest BCUT2D eigenvalue weighted by atomic mass is 10.1. The van der Waals surface area contributed by atoms with Crippen LogP contribution in [0.1, 0.15) is 18.4 Å². The highest BCUT2D eigenvalue weighted by Gasteiger charge is 2.17. The molecule has 1 fully saturated rings. The lowest BCUT2D eigenvalue weighted by Gasteiger charge is -2.30. The van der Waals surface area contributed by atoms with E-state index in [2.05, 4.69) is 20.8 Å². The van der Waals surface area contributed by atoms with Crippen LogP contribution >= 0.6 is 27.5 Å². The first-order valence-corrected chi connectivity index (χ1v) is 6.66. The Balaban J connectivity index is 2.00. The smallest absolute Gasteiger partial charge is 0.0667 e. The molecule has 0 aliphatic carbocycles. The summed E-state index contributed by atoms with van der Waals surface area (Å²) >= 11 is 9.37. The molecule has 0 radical (unpaired) electrons. The minimum absolute atomic E-state index is 0.163. The summed E-state index contributed by atoms with van der Waals surface area (Å²) in [7, 11) is 0. The monoisotopic (exact) mass is 303 g/mol. The van der Waals surface area contributed by atoms with E-state index in [1.54, 1.807) is 0 Å². The summed E-state index contributed by atoms with van der Waals surface area (Å²) in [4.78, 5) is 2.28. The molecule has 0 aromatic heterocycles. The molecule has 16 heavy (non-hydrogen) atoms. The van der Waals surface area contributed by atoms with Gasteiger partial charge < -0.3 is 5.11 Å². The van der Waals surface area contributed by atoms with Gasteiger partial charge in [-0.25, -0.2) is 0 Å². The van der Waals surface area contributed by atoms with Crippen LogP contribution in [0.5, 0.6) is 0 Å². The van der Waals surface area contributed by atoms with Gasteiger partial charge in [-0.15, -0.1) is 0 Å². The highest BCUT2D eigenvalue weighted by molar-refractivity contribution is 9.10. The van der Waals surface area contributed by atoms with Crippen molar-refractivity contribution in [3.8, 4) is 0 Å². The minimum Gasteiger partial charge on any atom is -0.392 e. The number of aliphatic hydroxyl groups excluding tert-OH is 1. The molecule has 1 atom stereocenters. The van der Waals surface area contributed by atoms with Crippen LogP contribution in [0.4, 0.5) is 0 Å². The van der Waals surface area contributed by atoms with Gasteiger partial charge >= 0.3 is 0 Å². The quantitative estimate of drug-likeness (QED) is 0.908. The van der Waals surface area contributed by atoms with Crippen molar-refractivity contribution in [3.05, 3.63) is 33.3 Å². The summed E-state index contributed by atoms with van der Waals surface area (Å²) < 4.78 is 0.934. The van der Waals surface area contributed by atoms with Crippen molar-refractivity contribution in [2.24, 2.45) is 0 Å². The number of hydrogen-bond donors (Lipinski definition) is 1. The summed E-state index contributed by atoms with van der Waals surface area (Å²) in [6.07, 6.45) is 1.85. The molecule has 1 N–H and O–H groups in total. The van der Waals surface area contributed by atoms with Gasteiger partial charge in [-0.3, -0.25) is 4.90 Å². The molecule has 1 aromatic carbocycles. The molecule has 0 spiro atoms. The van der Waals surface area contributed by atoms with E-state index in [4.69, 9.17) is 11.6 Å². The van der Waals surface area contributed by atoms with Gasteiger partial charge in [0, 0.05) is 17.6 Å². The van der Waals surface area contributed by atoms with E-state index in [1.807, 2.05) is 18.2 Å². The van der Waals surface area contributed by atoms with E-state index in [1.165, 1.54) is 5.56 Å². The zero-order chi connectivity index (χ0) is 11.5. The fourth-order valence-electron chi connectivity index (χ4n) is 2.07. The fourth-order valence-corrected chi connectivity index (χ4v) is 2.61. The van der Waals surface area contributed by atoms with Gasteiger partial charge in [0.1, 0.15) is 0 Å². The van der Waals surface area contributed by atoms with Crippen molar-refractivity contribution in [1.29, 1.82) is 0 Å². The van der Waals surface area contributed by atoms with Gasteiger partial charge in [-0.1, -0.05) is 17.7 Å². The first-order chi connectivity index (χ1) is 7.65. The Bertz CT molecular complexity index is 372. The largest absolute Gasteiger partial charge is 0.392 e. The number of aliphatic hydroxyl groups is 1. The van der Waals surface area contributed by atoms with Crippen molar-refractivity contribution in [1.82, 2.24) is 4.90 Å². The molecular weight excluding hydrogens is 289 g/mol. The first kappa shape index (κ1) is 12.4. The molecule has 2 nitrogen and oxygen atoms in total. The Morgan fingerprint density at radius 1 is 1.50 bits per heavy atom. The van der Waals surface area contributed by atoms with Gasteiger partial charge in [0.05, 0.1) is 11.1 Å². The zero-order valence-corrected chi connectivity index (χ0v) is 11.3. The third-order valence-electron chi connectivity index (χ3n) is 2.87. The average molecular weight is 305 g/mol. The lowest BCUT2D eigenvalue weighted by molar-refractivity contribution is 0.0668. The highest BCUT2D eigenvalue weighted by atomic mass is 79.9. The molecule has 0 amide bonds.